The van der Waals surface area contributed by atoms with Crippen molar-refractivity contribution >= 4 is 0 Å². The lowest BCUT2D eigenvalue weighted by molar-refractivity contribution is 0.248. The highest BCUT2D eigenvalue weighted by atomic mass is 16.1. The zero-order valence-corrected chi connectivity index (χ0v) is 14.0. The summed E-state index contributed by atoms with van der Waals surface area (Å²) in [7, 11) is 1.88. The predicted octanol–water partition coefficient (Wildman–Crippen LogP) is 4.11. The van der Waals surface area contributed by atoms with Crippen LogP contribution >= 0.6 is 0 Å². The Hall–Kier alpha value is -1.57. The number of hydrogen-bond donors (Lipinski definition) is 0. The Kier molecular flexibility index (Phi) is 4.37. The van der Waals surface area contributed by atoms with E-state index in [0.717, 1.165) is 24.0 Å². The topological polar surface area (TPSA) is 22.0 Å². The molecule has 2 aliphatic rings. The molecule has 4 unspecified atom stereocenters. The standard InChI is InChI=1S/C20H27NO/c1-14-7-11-19-16(13-14)9-8-15(2)18(19)12-10-17-5-4-6-20(22)21(17)3/h4-6,8-9,13-15,18-19H,7,10-12H2,1-3H3. The van der Waals surface area contributed by atoms with E-state index in [-0.39, 0.29) is 5.56 Å². The van der Waals surface area contributed by atoms with Crippen molar-refractivity contribution < 1.29 is 0 Å². The van der Waals surface area contributed by atoms with Crippen LogP contribution in [0.5, 0.6) is 0 Å². The van der Waals surface area contributed by atoms with Crippen LogP contribution < -0.4 is 5.56 Å². The fourth-order valence-electron chi connectivity index (χ4n) is 4.19. The van der Waals surface area contributed by atoms with Gasteiger partial charge in [0.05, 0.1) is 0 Å². The number of nitrogens with zero attached hydrogens (tertiary/aromatic N) is 1. The van der Waals surface area contributed by atoms with Crippen LogP contribution in [0, 0.1) is 23.7 Å². The summed E-state index contributed by atoms with van der Waals surface area (Å²) in [5.74, 6) is 2.78. The molecule has 0 saturated carbocycles. The van der Waals surface area contributed by atoms with Gasteiger partial charge < -0.3 is 4.57 Å². The van der Waals surface area contributed by atoms with Gasteiger partial charge in [-0.25, -0.2) is 0 Å². The van der Waals surface area contributed by atoms with E-state index in [2.05, 4.69) is 38.1 Å². The van der Waals surface area contributed by atoms with Crippen molar-refractivity contribution in [2.45, 2.75) is 39.5 Å². The second-order valence-electron chi connectivity index (χ2n) is 7.16. The molecule has 118 valence electrons. The van der Waals surface area contributed by atoms with Crippen LogP contribution in [-0.2, 0) is 13.5 Å². The number of aryl methyl sites for hydroxylation is 1. The number of aromatic nitrogens is 1. The zero-order valence-electron chi connectivity index (χ0n) is 14.0. The molecule has 3 rings (SSSR count). The summed E-state index contributed by atoms with van der Waals surface area (Å²) in [6, 6.07) is 5.61. The first-order chi connectivity index (χ1) is 10.6. The molecule has 0 N–H and O–H groups in total. The molecule has 1 aromatic rings. The summed E-state index contributed by atoms with van der Waals surface area (Å²) in [6.07, 6.45) is 12.0. The summed E-state index contributed by atoms with van der Waals surface area (Å²) in [4.78, 5) is 11.8. The van der Waals surface area contributed by atoms with Crippen LogP contribution in [0.15, 0.2) is 46.8 Å². The van der Waals surface area contributed by atoms with Crippen LogP contribution in [0.25, 0.3) is 0 Å². The van der Waals surface area contributed by atoms with E-state index in [9.17, 15) is 4.79 Å². The van der Waals surface area contributed by atoms with Gasteiger partial charge in [0.1, 0.15) is 0 Å². The minimum absolute atomic E-state index is 0.0983. The van der Waals surface area contributed by atoms with Crippen molar-refractivity contribution in [1.29, 1.82) is 0 Å². The molecule has 22 heavy (non-hydrogen) atoms. The van der Waals surface area contributed by atoms with E-state index < -0.39 is 0 Å². The van der Waals surface area contributed by atoms with E-state index in [4.69, 9.17) is 0 Å². The molecule has 0 saturated heterocycles. The molecule has 0 aliphatic heterocycles. The summed E-state index contributed by atoms with van der Waals surface area (Å²) in [5, 5.41) is 0. The normalized spacial score (nSPS) is 30.8. The lowest BCUT2D eigenvalue weighted by atomic mass is 9.67. The first kappa shape index (κ1) is 15.3. The third-order valence-corrected chi connectivity index (χ3v) is 5.65. The van der Waals surface area contributed by atoms with Crippen molar-refractivity contribution in [2.24, 2.45) is 30.7 Å². The van der Waals surface area contributed by atoms with Gasteiger partial charge in [-0.1, -0.05) is 38.1 Å². The van der Waals surface area contributed by atoms with Crippen molar-refractivity contribution in [1.82, 2.24) is 4.57 Å². The van der Waals surface area contributed by atoms with Crippen LogP contribution in [-0.4, -0.2) is 4.57 Å². The first-order valence-corrected chi connectivity index (χ1v) is 8.61. The van der Waals surface area contributed by atoms with E-state index in [1.807, 2.05) is 13.1 Å². The SMILES string of the molecule is CC1C=C2C=CC(C)C(CCc3cccc(=O)n3C)C2CC1. The molecule has 0 fully saturated rings. The summed E-state index contributed by atoms with van der Waals surface area (Å²) >= 11 is 0. The Labute approximate surface area is 133 Å². The largest absolute Gasteiger partial charge is 0.316 e. The summed E-state index contributed by atoms with van der Waals surface area (Å²) in [5.41, 5.74) is 2.81. The maximum absolute atomic E-state index is 11.8. The highest BCUT2D eigenvalue weighted by molar-refractivity contribution is 5.29. The maximum atomic E-state index is 11.8. The average Bonchev–Trinajstić information content (AvgIpc) is 2.50. The molecule has 1 heterocycles. The van der Waals surface area contributed by atoms with Crippen LogP contribution in [0.1, 0.15) is 38.8 Å². The van der Waals surface area contributed by atoms with E-state index >= 15 is 0 Å². The molecule has 0 bridgehead atoms. The lowest BCUT2D eigenvalue weighted by Gasteiger charge is -2.38. The van der Waals surface area contributed by atoms with E-state index in [0.29, 0.717) is 11.8 Å². The Morgan fingerprint density at radius 2 is 2.05 bits per heavy atom. The van der Waals surface area contributed by atoms with Crippen LogP contribution in [0.4, 0.5) is 0 Å². The fourth-order valence-corrected chi connectivity index (χ4v) is 4.19. The second-order valence-corrected chi connectivity index (χ2v) is 7.16. The van der Waals surface area contributed by atoms with E-state index in [1.54, 1.807) is 16.2 Å². The molecule has 1 aromatic heterocycles. The molecule has 2 aliphatic carbocycles. The second kappa shape index (κ2) is 6.28. The highest BCUT2D eigenvalue weighted by Crippen LogP contribution is 2.43. The minimum atomic E-state index is 0.0983. The Balaban J connectivity index is 1.77. The molecule has 2 heteroatoms. The van der Waals surface area contributed by atoms with Crippen molar-refractivity contribution in [3.8, 4) is 0 Å². The molecule has 0 amide bonds. The number of rotatable bonds is 3. The average molecular weight is 297 g/mol. The van der Waals surface area contributed by atoms with Gasteiger partial charge in [0, 0.05) is 18.8 Å². The third-order valence-electron chi connectivity index (χ3n) is 5.65. The van der Waals surface area contributed by atoms with Crippen LogP contribution in [0.3, 0.4) is 0 Å². The Bertz CT molecular complexity index is 652. The zero-order chi connectivity index (χ0) is 15.7. The van der Waals surface area contributed by atoms with Gasteiger partial charge in [-0.3, -0.25) is 4.79 Å². The molecule has 0 aromatic carbocycles. The summed E-state index contributed by atoms with van der Waals surface area (Å²) < 4.78 is 1.79. The van der Waals surface area contributed by atoms with Gasteiger partial charge in [0.15, 0.2) is 0 Å². The number of allylic oxidation sites excluding steroid dienone is 4. The van der Waals surface area contributed by atoms with Gasteiger partial charge in [-0.05, 0) is 61.0 Å². The third kappa shape index (κ3) is 2.97. The molecule has 0 radical (unpaired) electrons. The number of hydrogen-bond acceptors (Lipinski definition) is 1. The van der Waals surface area contributed by atoms with E-state index in [1.165, 1.54) is 19.3 Å². The highest BCUT2D eigenvalue weighted by Gasteiger charge is 2.32. The van der Waals surface area contributed by atoms with Crippen molar-refractivity contribution in [3.05, 3.63) is 58.0 Å². The number of fused-ring (bicyclic) bond motifs is 1. The smallest absolute Gasteiger partial charge is 0.250 e. The van der Waals surface area contributed by atoms with Crippen molar-refractivity contribution in [2.75, 3.05) is 0 Å². The maximum Gasteiger partial charge on any atom is 0.250 e. The van der Waals surface area contributed by atoms with Gasteiger partial charge in [0.25, 0.3) is 0 Å². The quantitative estimate of drug-likeness (QED) is 0.823. The number of pyridine rings is 1. The van der Waals surface area contributed by atoms with Gasteiger partial charge >= 0.3 is 0 Å². The monoisotopic (exact) mass is 297 g/mol. The first-order valence-electron chi connectivity index (χ1n) is 8.61. The van der Waals surface area contributed by atoms with Crippen molar-refractivity contribution in [3.63, 3.8) is 0 Å². The van der Waals surface area contributed by atoms with Gasteiger partial charge in [-0.15, -0.1) is 0 Å². The van der Waals surface area contributed by atoms with Gasteiger partial charge in [0.2, 0.25) is 5.56 Å². The van der Waals surface area contributed by atoms with Crippen LogP contribution in [0.2, 0.25) is 0 Å². The summed E-state index contributed by atoms with van der Waals surface area (Å²) in [6.45, 7) is 4.67. The predicted molar refractivity (Wildman–Crippen MR) is 91.8 cm³/mol. The molecule has 2 nitrogen and oxygen atoms in total. The lowest BCUT2D eigenvalue weighted by Crippen LogP contribution is -2.29. The molecular weight excluding hydrogens is 270 g/mol. The molecular formula is C20H27NO. The fraction of sp³-hybridized carbons (Fsp3) is 0.550. The Morgan fingerprint density at radius 3 is 2.86 bits per heavy atom. The minimum Gasteiger partial charge on any atom is -0.316 e. The molecule has 4 atom stereocenters. The Morgan fingerprint density at radius 1 is 1.23 bits per heavy atom. The van der Waals surface area contributed by atoms with Gasteiger partial charge in [-0.2, -0.15) is 0 Å². The molecule has 0 spiro atoms.